The van der Waals surface area contributed by atoms with E-state index in [9.17, 15) is 4.79 Å². The van der Waals surface area contributed by atoms with Crippen molar-refractivity contribution in [3.63, 3.8) is 0 Å². The number of hydrogen-bond donors (Lipinski definition) is 1. The fourth-order valence-corrected chi connectivity index (χ4v) is 2.28. The van der Waals surface area contributed by atoms with Crippen molar-refractivity contribution in [2.75, 3.05) is 139 Å². The van der Waals surface area contributed by atoms with Crippen LogP contribution >= 0.6 is 0 Å². The second-order valence-electron chi connectivity index (χ2n) is 7.00. The average molecular weight is 543 g/mol. The van der Waals surface area contributed by atoms with E-state index >= 15 is 0 Å². The Balaban J connectivity index is 3.08. The van der Waals surface area contributed by atoms with Gasteiger partial charge >= 0.3 is 5.97 Å². The number of methoxy groups -OCH3 is 1. The summed E-state index contributed by atoms with van der Waals surface area (Å²) in [6, 6.07) is 0. The number of hydrogen-bond acceptors (Lipinski definition) is 13. The number of carbonyl (C=O) groups excluding carboxylic acids is 1. The minimum Gasteiger partial charge on any atom is -0.490 e. The maximum Gasteiger partial charge on any atom is 0.373 e. The molecule has 0 aromatic heterocycles. The van der Waals surface area contributed by atoms with Crippen molar-refractivity contribution in [3.05, 3.63) is 12.3 Å². The van der Waals surface area contributed by atoms with E-state index in [4.69, 9.17) is 52.5 Å². The highest BCUT2D eigenvalue weighted by molar-refractivity contribution is 5.85. The van der Waals surface area contributed by atoms with Crippen molar-refractivity contribution >= 4 is 5.97 Å². The Morgan fingerprint density at radius 2 is 0.730 bits per heavy atom. The van der Waals surface area contributed by atoms with Gasteiger partial charge in [-0.05, 0) is 6.58 Å². The molecule has 0 aromatic rings. The Morgan fingerprint density at radius 1 is 0.486 bits per heavy atom. The van der Waals surface area contributed by atoms with Crippen LogP contribution in [-0.2, 0) is 56.9 Å². The van der Waals surface area contributed by atoms with Crippen LogP contribution < -0.4 is 0 Å². The highest BCUT2D eigenvalue weighted by atomic mass is 16.6. The van der Waals surface area contributed by atoms with Crippen LogP contribution in [0.5, 0.6) is 0 Å². The van der Waals surface area contributed by atoms with Crippen LogP contribution in [0.15, 0.2) is 12.3 Å². The standard InChI is InChI=1S/C24H46O13/c1-23(27-2)24(26)37-22-21-36-20-19-35-18-17-34-16-15-33-14-13-32-12-11-31-10-9-30-8-7-29-6-5-28-4-3-25/h25H,1,3-22H2,2H3. The Hall–Kier alpha value is -1.39. The predicted octanol–water partition coefficient (Wildman–Crippen LogP) is -0.169. The summed E-state index contributed by atoms with van der Waals surface area (Å²) in [6.07, 6.45) is 0. The van der Waals surface area contributed by atoms with E-state index in [0.717, 1.165) is 0 Å². The summed E-state index contributed by atoms with van der Waals surface area (Å²) < 4.78 is 57.6. The molecule has 0 heterocycles. The van der Waals surface area contributed by atoms with Crippen molar-refractivity contribution in [2.24, 2.45) is 0 Å². The molecular formula is C24H46O13. The van der Waals surface area contributed by atoms with Crippen molar-refractivity contribution in [1.29, 1.82) is 0 Å². The van der Waals surface area contributed by atoms with Gasteiger partial charge in [-0.1, -0.05) is 0 Å². The fraction of sp³-hybridized carbons (Fsp3) is 0.875. The third kappa shape index (κ3) is 29.0. The summed E-state index contributed by atoms with van der Waals surface area (Å²) in [5.74, 6) is -0.643. The molecule has 0 aliphatic heterocycles. The largest absolute Gasteiger partial charge is 0.490 e. The van der Waals surface area contributed by atoms with Crippen LogP contribution in [0.1, 0.15) is 0 Å². The molecule has 0 bridgehead atoms. The summed E-state index contributed by atoms with van der Waals surface area (Å²) in [6.45, 7) is 11.7. The lowest BCUT2D eigenvalue weighted by Crippen LogP contribution is -2.16. The van der Waals surface area contributed by atoms with E-state index in [1.165, 1.54) is 7.11 Å². The van der Waals surface area contributed by atoms with Gasteiger partial charge in [0.2, 0.25) is 0 Å². The zero-order valence-corrected chi connectivity index (χ0v) is 22.2. The molecule has 37 heavy (non-hydrogen) atoms. The molecule has 13 nitrogen and oxygen atoms in total. The minimum absolute atomic E-state index is 0.0213. The first-order valence-corrected chi connectivity index (χ1v) is 12.4. The van der Waals surface area contributed by atoms with Gasteiger partial charge in [0.1, 0.15) is 6.61 Å². The second kappa shape index (κ2) is 30.8. The number of aliphatic hydroxyl groups is 1. The highest BCUT2D eigenvalue weighted by Crippen LogP contribution is 1.94. The molecule has 13 heteroatoms. The number of carbonyl (C=O) groups is 1. The van der Waals surface area contributed by atoms with E-state index in [1.54, 1.807) is 0 Å². The van der Waals surface area contributed by atoms with Crippen LogP contribution in [0.3, 0.4) is 0 Å². The first-order chi connectivity index (χ1) is 18.2. The lowest BCUT2D eigenvalue weighted by Gasteiger charge is -2.09. The van der Waals surface area contributed by atoms with Gasteiger partial charge in [-0.3, -0.25) is 0 Å². The van der Waals surface area contributed by atoms with Crippen molar-refractivity contribution in [2.45, 2.75) is 0 Å². The van der Waals surface area contributed by atoms with Crippen molar-refractivity contribution in [1.82, 2.24) is 0 Å². The molecule has 1 N–H and O–H groups in total. The molecule has 0 aromatic carbocycles. The summed E-state index contributed by atoms with van der Waals surface area (Å²) in [7, 11) is 1.35. The van der Waals surface area contributed by atoms with Gasteiger partial charge in [-0.2, -0.15) is 0 Å². The second-order valence-corrected chi connectivity index (χ2v) is 7.00. The first kappa shape index (κ1) is 35.6. The molecule has 220 valence electrons. The molecule has 0 aliphatic carbocycles. The number of rotatable bonds is 31. The SMILES string of the molecule is C=C(OC)C(=O)OCCOCCOCCOCCOCCOCCOCCOCCOCCOCCO. The molecule has 0 rings (SSSR count). The topological polar surface area (TPSA) is 139 Å². The van der Waals surface area contributed by atoms with Crippen molar-refractivity contribution in [3.8, 4) is 0 Å². The molecule has 0 saturated heterocycles. The monoisotopic (exact) mass is 542 g/mol. The maximum atomic E-state index is 11.3. The van der Waals surface area contributed by atoms with Crippen molar-refractivity contribution < 1.29 is 62.0 Å². The zero-order valence-electron chi connectivity index (χ0n) is 22.2. The molecule has 0 spiro atoms. The molecule has 0 aliphatic rings. The van der Waals surface area contributed by atoms with Gasteiger partial charge in [-0.25, -0.2) is 4.79 Å². The summed E-state index contributed by atoms with van der Waals surface area (Å²) in [5.41, 5.74) is 0. The van der Waals surface area contributed by atoms with Gasteiger partial charge in [0, 0.05) is 0 Å². The molecule has 0 fully saturated rings. The quantitative estimate of drug-likeness (QED) is 0.0537. The Morgan fingerprint density at radius 3 is 0.973 bits per heavy atom. The highest BCUT2D eigenvalue weighted by Gasteiger charge is 2.07. The summed E-state index contributed by atoms with van der Waals surface area (Å²) in [5, 5.41) is 8.55. The Kier molecular flexibility index (Phi) is 29.7. The van der Waals surface area contributed by atoms with E-state index in [1.807, 2.05) is 0 Å². The summed E-state index contributed by atoms with van der Waals surface area (Å²) >= 11 is 0. The van der Waals surface area contributed by atoms with Crippen LogP contribution in [0.4, 0.5) is 0 Å². The number of ether oxygens (including phenoxy) is 11. The average Bonchev–Trinajstić information content (AvgIpc) is 2.91. The normalized spacial score (nSPS) is 11.1. The van der Waals surface area contributed by atoms with Crippen LogP contribution in [-0.4, -0.2) is 150 Å². The third-order valence-corrected chi connectivity index (χ3v) is 4.15. The fourth-order valence-electron chi connectivity index (χ4n) is 2.28. The van der Waals surface area contributed by atoms with Gasteiger partial charge < -0.3 is 57.2 Å². The first-order valence-electron chi connectivity index (χ1n) is 12.4. The van der Waals surface area contributed by atoms with E-state index in [0.29, 0.717) is 112 Å². The van der Waals surface area contributed by atoms with Gasteiger partial charge in [-0.15, -0.1) is 0 Å². The maximum absolute atomic E-state index is 11.3. The van der Waals surface area contributed by atoms with E-state index in [2.05, 4.69) is 11.3 Å². The lowest BCUT2D eigenvalue weighted by atomic mass is 10.6. The molecule has 0 atom stereocenters. The molecule has 0 radical (unpaired) electrons. The smallest absolute Gasteiger partial charge is 0.373 e. The van der Waals surface area contributed by atoms with Gasteiger partial charge in [0.05, 0.1) is 133 Å². The Labute approximate surface area is 220 Å². The van der Waals surface area contributed by atoms with Gasteiger partial charge in [0.15, 0.2) is 5.76 Å². The van der Waals surface area contributed by atoms with E-state index < -0.39 is 5.97 Å². The zero-order chi connectivity index (χ0) is 27.1. The molecule has 0 saturated carbocycles. The predicted molar refractivity (Wildman–Crippen MR) is 132 cm³/mol. The number of esters is 1. The Bertz CT molecular complexity index is 493. The molecule has 0 amide bonds. The lowest BCUT2D eigenvalue weighted by molar-refractivity contribution is -0.144. The molecular weight excluding hydrogens is 496 g/mol. The third-order valence-electron chi connectivity index (χ3n) is 4.15. The molecule has 0 unspecified atom stereocenters. The van der Waals surface area contributed by atoms with Crippen LogP contribution in [0, 0.1) is 0 Å². The number of aliphatic hydroxyl groups excluding tert-OH is 1. The van der Waals surface area contributed by atoms with Gasteiger partial charge in [0.25, 0.3) is 0 Å². The van der Waals surface area contributed by atoms with E-state index in [-0.39, 0.29) is 25.6 Å². The summed E-state index contributed by atoms with van der Waals surface area (Å²) in [4.78, 5) is 11.3. The van der Waals surface area contributed by atoms with Crippen LogP contribution in [0.2, 0.25) is 0 Å². The van der Waals surface area contributed by atoms with Crippen LogP contribution in [0.25, 0.3) is 0 Å². The minimum atomic E-state index is -0.600.